The maximum Gasteiger partial charge on any atom is 0.267 e. The normalized spacial score (nSPS) is 17.9. The molecule has 2 aromatic heterocycles. The monoisotopic (exact) mass is 297 g/mol. The van der Waals surface area contributed by atoms with E-state index in [4.69, 9.17) is 0 Å². The number of hydrogen-bond donors (Lipinski definition) is 0. The number of hydrogen-bond acceptors (Lipinski definition) is 5. The second kappa shape index (κ2) is 5.51. The molecule has 6 heteroatoms. The number of anilines is 1. The standard InChI is InChI=1S/C16H19N5O/c22-16-7-13-3-1-2-4-14(13)19-21(16)10-12-8-20(9-12)15-5-6-17-11-18-15/h5-7,11-12H,1-4,8-10H2. The molecule has 0 spiro atoms. The highest BCUT2D eigenvalue weighted by Crippen LogP contribution is 2.23. The Morgan fingerprint density at radius 1 is 1.23 bits per heavy atom. The van der Waals surface area contributed by atoms with Gasteiger partial charge in [-0.15, -0.1) is 0 Å². The first-order valence-electron chi connectivity index (χ1n) is 7.90. The van der Waals surface area contributed by atoms with Gasteiger partial charge < -0.3 is 4.90 Å². The van der Waals surface area contributed by atoms with Crippen molar-refractivity contribution in [1.82, 2.24) is 19.7 Å². The van der Waals surface area contributed by atoms with Crippen LogP contribution in [-0.2, 0) is 19.4 Å². The first-order valence-corrected chi connectivity index (χ1v) is 7.90. The molecule has 2 aliphatic rings. The first kappa shape index (κ1) is 13.4. The van der Waals surface area contributed by atoms with E-state index in [1.54, 1.807) is 23.3 Å². The molecule has 1 saturated heterocycles. The van der Waals surface area contributed by atoms with E-state index in [1.807, 2.05) is 6.07 Å². The molecule has 22 heavy (non-hydrogen) atoms. The third kappa shape index (κ3) is 2.49. The summed E-state index contributed by atoms with van der Waals surface area (Å²) in [5.74, 6) is 1.42. The van der Waals surface area contributed by atoms with Crippen molar-refractivity contribution in [3.05, 3.63) is 46.3 Å². The number of aryl methyl sites for hydroxylation is 2. The lowest BCUT2D eigenvalue weighted by Crippen LogP contribution is -2.50. The van der Waals surface area contributed by atoms with Crippen LogP contribution >= 0.6 is 0 Å². The summed E-state index contributed by atoms with van der Waals surface area (Å²) < 4.78 is 1.66. The highest BCUT2D eigenvalue weighted by atomic mass is 16.1. The van der Waals surface area contributed by atoms with E-state index in [0.29, 0.717) is 12.5 Å². The lowest BCUT2D eigenvalue weighted by Gasteiger charge is -2.40. The molecule has 0 radical (unpaired) electrons. The fourth-order valence-electron chi connectivity index (χ4n) is 3.32. The van der Waals surface area contributed by atoms with Crippen LogP contribution in [0.3, 0.4) is 0 Å². The zero-order chi connectivity index (χ0) is 14.9. The number of aromatic nitrogens is 4. The van der Waals surface area contributed by atoms with Crippen molar-refractivity contribution < 1.29 is 0 Å². The van der Waals surface area contributed by atoms with Crippen LogP contribution in [0.2, 0.25) is 0 Å². The number of nitrogens with zero attached hydrogens (tertiary/aromatic N) is 5. The Balaban J connectivity index is 1.44. The number of fused-ring (bicyclic) bond motifs is 1. The predicted octanol–water partition coefficient (Wildman–Crippen LogP) is 1.05. The summed E-state index contributed by atoms with van der Waals surface area (Å²) in [6.07, 6.45) is 7.69. The molecular weight excluding hydrogens is 278 g/mol. The largest absolute Gasteiger partial charge is 0.356 e. The van der Waals surface area contributed by atoms with Gasteiger partial charge in [0.1, 0.15) is 12.1 Å². The van der Waals surface area contributed by atoms with E-state index < -0.39 is 0 Å². The van der Waals surface area contributed by atoms with Crippen molar-refractivity contribution in [2.24, 2.45) is 5.92 Å². The molecule has 0 saturated carbocycles. The summed E-state index contributed by atoms with van der Waals surface area (Å²) in [6.45, 7) is 2.54. The third-order valence-corrected chi connectivity index (χ3v) is 4.55. The second-order valence-corrected chi connectivity index (χ2v) is 6.18. The van der Waals surface area contributed by atoms with Crippen molar-refractivity contribution in [2.75, 3.05) is 18.0 Å². The Bertz CT molecular complexity index is 721. The van der Waals surface area contributed by atoms with Gasteiger partial charge in [-0.3, -0.25) is 4.79 Å². The van der Waals surface area contributed by atoms with E-state index in [2.05, 4.69) is 20.0 Å². The summed E-state index contributed by atoms with van der Waals surface area (Å²) >= 11 is 0. The molecule has 2 aromatic rings. The Morgan fingerprint density at radius 3 is 2.91 bits per heavy atom. The van der Waals surface area contributed by atoms with Gasteiger partial charge >= 0.3 is 0 Å². The Morgan fingerprint density at radius 2 is 2.09 bits per heavy atom. The lowest BCUT2D eigenvalue weighted by atomic mass is 9.96. The van der Waals surface area contributed by atoms with Crippen LogP contribution in [0.1, 0.15) is 24.1 Å². The molecule has 0 aromatic carbocycles. The van der Waals surface area contributed by atoms with Gasteiger partial charge in [-0.2, -0.15) is 5.10 Å². The minimum absolute atomic E-state index is 0.0427. The smallest absolute Gasteiger partial charge is 0.267 e. The summed E-state index contributed by atoms with van der Waals surface area (Å²) in [7, 11) is 0. The van der Waals surface area contributed by atoms with Gasteiger partial charge in [0.15, 0.2) is 0 Å². The maximum atomic E-state index is 12.2. The van der Waals surface area contributed by atoms with Crippen LogP contribution in [0, 0.1) is 5.92 Å². The van der Waals surface area contributed by atoms with Crippen LogP contribution in [0.15, 0.2) is 29.5 Å². The van der Waals surface area contributed by atoms with Gasteiger partial charge in [-0.25, -0.2) is 14.6 Å². The van der Waals surface area contributed by atoms with E-state index in [-0.39, 0.29) is 5.56 Å². The van der Waals surface area contributed by atoms with Gasteiger partial charge in [0, 0.05) is 31.3 Å². The zero-order valence-corrected chi connectivity index (χ0v) is 12.5. The average molecular weight is 297 g/mol. The molecule has 0 unspecified atom stereocenters. The van der Waals surface area contributed by atoms with Gasteiger partial charge in [0.25, 0.3) is 5.56 Å². The van der Waals surface area contributed by atoms with Crippen LogP contribution in [0.5, 0.6) is 0 Å². The van der Waals surface area contributed by atoms with Gasteiger partial charge in [-0.1, -0.05) is 0 Å². The van der Waals surface area contributed by atoms with E-state index in [0.717, 1.165) is 43.0 Å². The van der Waals surface area contributed by atoms with Gasteiger partial charge in [0.2, 0.25) is 0 Å². The predicted molar refractivity (Wildman–Crippen MR) is 82.9 cm³/mol. The fraction of sp³-hybridized carbons (Fsp3) is 0.500. The molecule has 114 valence electrons. The quantitative estimate of drug-likeness (QED) is 0.847. The molecule has 1 aliphatic carbocycles. The average Bonchev–Trinajstić information content (AvgIpc) is 2.51. The summed E-state index contributed by atoms with van der Waals surface area (Å²) in [4.78, 5) is 22.6. The van der Waals surface area contributed by atoms with Gasteiger partial charge in [-0.05, 0) is 37.3 Å². The van der Waals surface area contributed by atoms with E-state index in [9.17, 15) is 4.79 Å². The second-order valence-electron chi connectivity index (χ2n) is 6.18. The van der Waals surface area contributed by atoms with Crippen molar-refractivity contribution in [3.8, 4) is 0 Å². The van der Waals surface area contributed by atoms with E-state index >= 15 is 0 Å². The Kier molecular flexibility index (Phi) is 3.36. The summed E-state index contributed by atoms with van der Waals surface area (Å²) in [6, 6.07) is 3.71. The molecule has 0 atom stereocenters. The third-order valence-electron chi connectivity index (χ3n) is 4.55. The minimum atomic E-state index is 0.0427. The van der Waals surface area contributed by atoms with Crippen molar-refractivity contribution >= 4 is 5.82 Å². The highest BCUT2D eigenvalue weighted by Gasteiger charge is 2.28. The van der Waals surface area contributed by atoms with Crippen molar-refractivity contribution in [2.45, 2.75) is 32.2 Å². The van der Waals surface area contributed by atoms with E-state index in [1.165, 1.54) is 12.8 Å². The molecule has 0 amide bonds. The zero-order valence-electron chi connectivity index (χ0n) is 12.5. The first-order chi connectivity index (χ1) is 10.8. The maximum absolute atomic E-state index is 12.2. The molecule has 3 heterocycles. The van der Waals surface area contributed by atoms with Crippen molar-refractivity contribution in [1.29, 1.82) is 0 Å². The number of rotatable bonds is 3. The molecule has 4 rings (SSSR count). The molecule has 0 bridgehead atoms. The topological polar surface area (TPSA) is 63.9 Å². The molecule has 0 N–H and O–H groups in total. The van der Waals surface area contributed by atoms with Crippen molar-refractivity contribution in [3.63, 3.8) is 0 Å². The van der Waals surface area contributed by atoms with Crippen LogP contribution in [0.25, 0.3) is 0 Å². The Labute approximate surface area is 128 Å². The highest BCUT2D eigenvalue weighted by molar-refractivity contribution is 5.39. The van der Waals surface area contributed by atoms with Crippen LogP contribution < -0.4 is 10.5 Å². The van der Waals surface area contributed by atoms with Crippen LogP contribution in [-0.4, -0.2) is 32.8 Å². The fourth-order valence-corrected chi connectivity index (χ4v) is 3.32. The SMILES string of the molecule is O=c1cc2c(nn1CC1CN(c3ccncn3)C1)CCCC2. The van der Waals surface area contributed by atoms with Crippen LogP contribution in [0.4, 0.5) is 5.82 Å². The summed E-state index contributed by atoms with van der Waals surface area (Å²) in [5.41, 5.74) is 2.32. The summed E-state index contributed by atoms with van der Waals surface area (Å²) in [5, 5.41) is 4.59. The minimum Gasteiger partial charge on any atom is -0.356 e. The molecule has 1 fully saturated rings. The molecular formula is C16H19N5O. The molecule has 6 nitrogen and oxygen atoms in total. The molecule has 1 aliphatic heterocycles. The van der Waals surface area contributed by atoms with Gasteiger partial charge in [0.05, 0.1) is 12.2 Å². The lowest BCUT2D eigenvalue weighted by molar-refractivity contribution is 0.330. The Hall–Kier alpha value is -2.24.